The molecule has 1 rings (SSSR count). The van der Waals surface area contributed by atoms with Crippen molar-refractivity contribution in [1.29, 1.82) is 0 Å². The summed E-state index contributed by atoms with van der Waals surface area (Å²) in [6.07, 6.45) is 1.02. The summed E-state index contributed by atoms with van der Waals surface area (Å²) in [6, 6.07) is 0.586. The third kappa shape index (κ3) is 2.07. The minimum absolute atomic E-state index is 0.0365. The third-order valence-electron chi connectivity index (χ3n) is 4.99. The molecule has 0 spiro atoms. The fraction of sp³-hybridized carbons (Fsp3) is 1.00. The highest BCUT2D eigenvalue weighted by Crippen LogP contribution is 2.62. The van der Waals surface area contributed by atoms with E-state index in [2.05, 4.69) is 46.9 Å². The van der Waals surface area contributed by atoms with Gasteiger partial charge in [0.05, 0.1) is 0 Å². The molecule has 1 fully saturated rings. The van der Waals surface area contributed by atoms with E-state index in [1.807, 2.05) is 0 Å². The second-order valence-electron chi connectivity index (χ2n) is 6.58. The first-order chi connectivity index (χ1) is 6.71. The lowest BCUT2D eigenvalue weighted by Gasteiger charge is -2.26. The average molecular weight is 213 g/mol. The van der Waals surface area contributed by atoms with Crippen molar-refractivity contribution in [3.05, 3.63) is 0 Å². The number of nitrogens with one attached hydrogen (secondary N) is 1. The minimum atomic E-state index is 0.0365. The van der Waals surface area contributed by atoms with Crippen LogP contribution in [0.5, 0.6) is 0 Å². The van der Waals surface area contributed by atoms with E-state index in [-0.39, 0.29) is 12.0 Å². The Balaban J connectivity index is 2.47. The molecular formula is C13H27NO. The molecule has 0 radical (unpaired) electrons. The zero-order valence-corrected chi connectivity index (χ0v) is 11.1. The van der Waals surface area contributed by atoms with Crippen molar-refractivity contribution in [2.24, 2.45) is 16.2 Å². The summed E-state index contributed by atoms with van der Waals surface area (Å²) in [4.78, 5) is 0. The zero-order chi connectivity index (χ0) is 11.9. The van der Waals surface area contributed by atoms with Gasteiger partial charge in [-0.3, -0.25) is 0 Å². The highest BCUT2D eigenvalue weighted by Gasteiger charge is 2.64. The third-order valence-corrected chi connectivity index (χ3v) is 4.99. The number of hydrogen-bond donors (Lipinski definition) is 2. The van der Waals surface area contributed by atoms with Gasteiger partial charge >= 0.3 is 0 Å². The van der Waals surface area contributed by atoms with Crippen LogP contribution in [-0.4, -0.2) is 24.3 Å². The second kappa shape index (κ2) is 3.74. The molecule has 0 amide bonds. The van der Waals surface area contributed by atoms with Crippen LogP contribution in [0.25, 0.3) is 0 Å². The lowest BCUT2D eigenvalue weighted by atomic mass is 9.88. The zero-order valence-electron chi connectivity index (χ0n) is 11.1. The highest BCUT2D eigenvalue weighted by molar-refractivity contribution is 5.17. The van der Waals surface area contributed by atoms with Crippen molar-refractivity contribution < 1.29 is 5.11 Å². The van der Waals surface area contributed by atoms with Crippen molar-refractivity contribution in [3.8, 4) is 0 Å². The van der Waals surface area contributed by atoms with E-state index in [9.17, 15) is 5.11 Å². The van der Waals surface area contributed by atoms with Crippen molar-refractivity contribution in [2.45, 2.75) is 54.0 Å². The van der Waals surface area contributed by atoms with Gasteiger partial charge in [-0.25, -0.2) is 0 Å². The Morgan fingerprint density at radius 2 is 1.67 bits per heavy atom. The van der Waals surface area contributed by atoms with E-state index in [0.717, 1.165) is 13.0 Å². The summed E-state index contributed by atoms with van der Waals surface area (Å²) in [7, 11) is 0. The van der Waals surface area contributed by atoms with Crippen LogP contribution in [-0.2, 0) is 0 Å². The highest BCUT2D eigenvalue weighted by atomic mass is 16.3. The lowest BCUT2D eigenvalue weighted by Crippen LogP contribution is -2.37. The van der Waals surface area contributed by atoms with Gasteiger partial charge in [-0.1, -0.05) is 41.5 Å². The molecule has 1 unspecified atom stereocenters. The van der Waals surface area contributed by atoms with Crippen LogP contribution in [0.1, 0.15) is 48.0 Å². The summed E-state index contributed by atoms with van der Waals surface area (Å²) in [5.41, 5.74) is 0.808. The van der Waals surface area contributed by atoms with Crippen LogP contribution in [0.4, 0.5) is 0 Å². The Hall–Kier alpha value is -0.0800. The fourth-order valence-corrected chi connectivity index (χ4v) is 2.35. The van der Waals surface area contributed by atoms with Crippen molar-refractivity contribution in [1.82, 2.24) is 5.32 Å². The predicted octanol–water partition coefficient (Wildman–Crippen LogP) is 2.42. The first kappa shape index (κ1) is 13.0. The molecule has 0 aromatic rings. The van der Waals surface area contributed by atoms with Crippen LogP contribution in [0.2, 0.25) is 0 Å². The van der Waals surface area contributed by atoms with Gasteiger partial charge in [0, 0.05) is 24.6 Å². The van der Waals surface area contributed by atoms with E-state index < -0.39 is 0 Å². The number of aliphatic hydroxyl groups excluding tert-OH is 1. The number of aliphatic hydroxyl groups is 1. The monoisotopic (exact) mass is 213 g/mol. The average Bonchev–Trinajstić information content (AvgIpc) is 2.55. The fourth-order valence-electron chi connectivity index (χ4n) is 2.35. The molecule has 1 aliphatic rings. The van der Waals surface area contributed by atoms with Gasteiger partial charge in [0.25, 0.3) is 0 Å². The summed E-state index contributed by atoms with van der Waals surface area (Å²) >= 11 is 0. The first-order valence-corrected chi connectivity index (χ1v) is 6.05. The molecule has 1 aliphatic carbocycles. The normalized spacial score (nSPS) is 27.4. The molecule has 0 heterocycles. The van der Waals surface area contributed by atoms with Crippen molar-refractivity contribution in [3.63, 3.8) is 0 Å². The van der Waals surface area contributed by atoms with Gasteiger partial charge < -0.3 is 10.4 Å². The van der Waals surface area contributed by atoms with Crippen LogP contribution in [0, 0.1) is 16.2 Å². The second-order valence-corrected chi connectivity index (χ2v) is 6.58. The SMILES string of the molecule is CCC(C)(CO)CNC1C(C)(C)C1(C)C. The van der Waals surface area contributed by atoms with Crippen LogP contribution in [0.3, 0.4) is 0 Å². The minimum Gasteiger partial charge on any atom is -0.396 e. The maximum absolute atomic E-state index is 9.34. The Bertz CT molecular complexity index is 215. The van der Waals surface area contributed by atoms with E-state index in [1.54, 1.807) is 0 Å². The van der Waals surface area contributed by atoms with E-state index in [0.29, 0.717) is 16.9 Å². The summed E-state index contributed by atoms with van der Waals surface area (Å²) in [6.45, 7) is 14.7. The molecule has 1 saturated carbocycles. The van der Waals surface area contributed by atoms with Crippen LogP contribution in [0.15, 0.2) is 0 Å². The Morgan fingerprint density at radius 3 is 1.93 bits per heavy atom. The molecule has 0 aliphatic heterocycles. The summed E-state index contributed by atoms with van der Waals surface area (Å²) in [5, 5.41) is 13.0. The van der Waals surface area contributed by atoms with Gasteiger partial charge in [0.2, 0.25) is 0 Å². The molecule has 2 nitrogen and oxygen atoms in total. The van der Waals surface area contributed by atoms with Gasteiger partial charge in [-0.2, -0.15) is 0 Å². The molecule has 2 heteroatoms. The van der Waals surface area contributed by atoms with Crippen LogP contribution >= 0.6 is 0 Å². The van der Waals surface area contributed by atoms with E-state index in [4.69, 9.17) is 0 Å². The van der Waals surface area contributed by atoms with Crippen molar-refractivity contribution in [2.75, 3.05) is 13.2 Å². The molecule has 1 atom stereocenters. The molecule has 90 valence electrons. The standard InChI is InChI=1S/C13H27NO/c1-7-13(6,9-15)8-14-10-11(2,3)12(10,4)5/h10,14-15H,7-9H2,1-6H3. The van der Waals surface area contributed by atoms with Gasteiger partial charge in [-0.05, 0) is 17.3 Å². The van der Waals surface area contributed by atoms with Crippen molar-refractivity contribution >= 4 is 0 Å². The molecule has 0 aromatic heterocycles. The smallest absolute Gasteiger partial charge is 0.0496 e. The lowest BCUT2D eigenvalue weighted by molar-refractivity contribution is 0.133. The van der Waals surface area contributed by atoms with E-state index >= 15 is 0 Å². The first-order valence-electron chi connectivity index (χ1n) is 6.05. The molecule has 15 heavy (non-hydrogen) atoms. The maximum atomic E-state index is 9.34. The largest absolute Gasteiger partial charge is 0.396 e. The summed E-state index contributed by atoms with van der Waals surface area (Å²) in [5.74, 6) is 0. The Kier molecular flexibility index (Phi) is 3.24. The molecule has 2 N–H and O–H groups in total. The number of hydrogen-bond acceptors (Lipinski definition) is 2. The van der Waals surface area contributed by atoms with Crippen LogP contribution < -0.4 is 5.32 Å². The molecular weight excluding hydrogens is 186 g/mol. The predicted molar refractivity (Wildman–Crippen MR) is 64.8 cm³/mol. The number of rotatable bonds is 5. The quantitative estimate of drug-likeness (QED) is 0.735. The van der Waals surface area contributed by atoms with Gasteiger partial charge in [-0.15, -0.1) is 0 Å². The Labute approximate surface area is 94.5 Å². The van der Waals surface area contributed by atoms with E-state index in [1.165, 1.54) is 0 Å². The van der Waals surface area contributed by atoms with Gasteiger partial charge in [0.15, 0.2) is 0 Å². The summed E-state index contributed by atoms with van der Waals surface area (Å²) < 4.78 is 0. The Morgan fingerprint density at radius 1 is 1.20 bits per heavy atom. The molecule has 0 bridgehead atoms. The maximum Gasteiger partial charge on any atom is 0.0496 e. The molecule has 0 aromatic carbocycles. The topological polar surface area (TPSA) is 32.3 Å². The van der Waals surface area contributed by atoms with Gasteiger partial charge in [0.1, 0.15) is 0 Å². The molecule has 0 saturated heterocycles.